The molecule has 7 heteroatoms. The number of carbonyl (C=O) groups is 2. The molecule has 122 valence electrons. The number of rotatable bonds is 8. The Morgan fingerprint density at radius 3 is 2.55 bits per heavy atom. The number of nitrogens with one attached hydrogen (secondary N) is 1. The highest BCUT2D eigenvalue weighted by atomic mass is 19.2. The van der Waals surface area contributed by atoms with Crippen molar-refractivity contribution in [3.63, 3.8) is 0 Å². The van der Waals surface area contributed by atoms with E-state index in [2.05, 4.69) is 5.32 Å². The second-order valence-corrected chi connectivity index (χ2v) is 4.90. The number of benzene rings is 1. The summed E-state index contributed by atoms with van der Waals surface area (Å²) in [6, 6.07) is 2.95. The lowest BCUT2D eigenvalue weighted by atomic mass is 10.0. The van der Waals surface area contributed by atoms with Gasteiger partial charge in [0.2, 0.25) is 0 Å². The Kier molecular flexibility index (Phi) is 6.75. The van der Waals surface area contributed by atoms with Crippen molar-refractivity contribution in [3.8, 4) is 5.75 Å². The summed E-state index contributed by atoms with van der Waals surface area (Å²) in [7, 11) is 0. The molecule has 1 amide bonds. The molecule has 0 aliphatic rings. The zero-order valence-corrected chi connectivity index (χ0v) is 12.4. The van der Waals surface area contributed by atoms with E-state index < -0.39 is 35.5 Å². The van der Waals surface area contributed by atoms with Gasteiger partial charge in [-0.25, -0.2) is 8.78 Å². The fourth-order valence-corrected chi connectivity index (χ4v) is 1.84. The van der Waals surface area contributed by atoms with Gasteiger partial charge in [-0.05, 0) is 25.5 Å². The maximum Gasteiger partial charge on any atom is 0.308 e. The van der Waals surface area contributed by atoms with E-state index in [9.17, 15) is 18.4 Å². The fraction of sp³-hybridized carbons (Fsp3) is 0.467. The summed E-state index contributed by atoms with van der Waals surface area (Å²) < 4.78 is 31.0. The van der Waals surface area contributed by atoms with E-state index in [0.717, 1.165) is 12.1 Å². The minimum Gasteiger partial charge on any atom is -0.481 e. The first-order valence-electron chi connectivity index (χ1n) is 6.97. The molecule has 22 heavy (non-hydrogen) atoms. The van der Waals surface area contributed by atoms with Crippen molar-refractivity contribution in [1.82, 2.24) is 5.32 Å². The van der Waals surface area contributed by atoms with E-state index in [1.807, 2.05) is 6.92 Å². The van der Waals surface area contributed by atoms with Crippen LogP contribution in [0, 0.1) is 17.6 Å². The molecule has 0 aromatic heterocycles. The van der Waals surface area contributed by atoms with Crippen molar-refractivity contribution < 1.29 is 28.2 Å². The average molecular weight is 315 g/mol. The number of hydrogen-bond donors (Lipinski definition) is 2. The molecule has 2 N–H and O–H groups in total. The van der Waals surface area contributed by atoms with Crippen molar-refractivity contribution in [2.75, 3.05) is 6.54 Å². The van der Waals surface area contributed by atoms with Crippen molar-refractivity contribution in [3.05, 3.63) is 29.8 Å². The van der Waals surface area contributed by atoms with Gasteiger partial charge in [0.1, 0.15) is 5.75 Å². The Balaban J connectivity index is 2.54. The Morgan fingerprint density at radius 2 is 2.00 bits per heavy atom. The molecule has 0 radical (unpaired) electrons. The number of hydrogen-bond acceptors (Lipinski definition) is 3. The summed E-state index contributed by atoms with van der Waals surface area (Å²) in [5, 5.41) is 11.5. The van der Waals surface area contributed by atoms with E-state index >= 15 is 0 Å². The Bertz CT molecular complexity index is 536. The number of carboxylic acids is 1. The third-order valence-corrected chi connectivity index (χ3v) is 3.08. The Hall–Kier alpha value is -2.18. The van der Waals surface area contributed by atoms with Gasteiger partial charge < -0.3 is 15.2 Å². The molecule has 1 rings (SSSR count). The van der Waals surface area contributed by atoms with Crippen LogP contribution in [-0.4, -0.2) is 29.6 Å². The van der Waals surface area contributed by atoms with Gasteiger partial charge in [0.05, 0.1) is 5.92 Å². The van der Waals surface area contributed by atoms with Gasteiger partial charge in [-0.2, -0.15) is 0 Å². The highest BCUT2D eigenvalue weighted by Gasteiger charge is 2.20. The standard InChI is InChI=1S/C15H19F2NO4/c1-3-4-10(15(20)21)8-18-14(19)9(2)22-11-5-6-12(16)13(17)7-11/h5-7,9-10H,3-4,8H2,1-2H3,(H,18,19)(H,20,21). The largest absolute Gasteiger partial charge is 0.481 e. The molecule has 1 aromatic rings. The summed E-state index contributed by atoms with van der Waals surface area (Å²) in [4.78, 5) is 22.8. The van der Waals surface area contributed by atoms with Crippen LogP contribution in [0.4, 0.5) is 8.78 Å². The van der Waals surface area contributed by atoms with Gasteiger partial charge in [0.25, 0.3) is 5.91 Å². The van der Waals surface area contributed by atoms with Crippen molar-refractivity contribution in [2.45, 2.75) is 32.8 Å². The number of carboxylic acid groups (broad SMARTS) is 1. The molecule has 0 spiro atoms. The van der Waals surface area contributed by atoms with Crippen LogP contribution in [0.3, 0.4) is 0 Å². The SMILES string of the molecule is CCCC(CNC(=O)C(C)Oc1ccc(F)c(F)c1)C(=O)O. The quantitative estimate of drug-likeness (QED) is 0.772. The molecule has 0 bridgehead atoms. The molecule has 0 aliphatic carbocycles. The molecule has 2 atom stereocenters. The molecule has 1 aromatic carbocycles. The first kappa shape index (κ1) is 17.9. The fourth-order valence-electron chi connectivity index (χ4n) is 1.84. The van der Waals surface area contributed by atoms with Crippen LogP contribution in [0.1, 0.15) is 26.7 Å². The van der Waals surface area contributed by atoms with Crippen molar-refractivity contribution in [1.29, 1.82) is 0 Å². The smallest absolute Gasteiger partial charge is 0.308 e. The maximum absolute atomic E-state index is 13.0. The third kappa shape index (κ3) is 5.31. The van der Waals surface area contributed by atoms with E-state index in [4.69, 9.17) is 9.84 Å². The lowest BCUT2D eigenvalue weighted by molar-refractivity contribution is -0.142. The number of aliphatic carboxylic acids is 1. The lowest BCUT2D eigenvalue weighted by Crippen LogP contribution is -2.40. The third-order valence-electron chi connectivity index (χ3n) is 3.08. The Morgan fingerprint density at radius 1 is 1.32 bits per heavy atom. The summed E-state index contributed by atoms with van der Waals surface area (Å²) >= 11 is 0. The number of amides is 1. The molecule has 5 nitrogen and oxygen atoms in total. The summed E-state index contributed by atoms with van der Waals surface area (Å²) in [6.45, 7) is 3.28. The molecule has 0 saturated carbocycles. The van der Waals surface area contributed by atoms with E-state index in [1.165, 1.54) is 13.0 Å². The molecule has 0 saturated heterocycles. The van der Waals surface area contributed by atoms with E-state index in [-0.39, 0.29) is 12.3 Å². The molecular weight excluding hydrogens is 296 g/mol. The topological polar surface area (TPSA) is 75.6 Å². The first-order chi connectivity index (χ1) is 10.3. The van der Waals surface area contributed by atoms with Crippen LogP contribution in [0.2, 0.25) is 0 Å². The summed E-state index contributed by atoms with van der Waals surface area (Å²) in [5.41, 5.74) is 0. The highest BCUT2D eigenvalue weighted by Crippen LogP contribution is 2.16. The molecule has 0 heterocycles. The maximum atomic E-state index is 13.0. The summed E-state index contributed by atoms with van der Waals surface area (Å²) in [5.74, 6) is -4.22. The van der Waals surface area contributed by atoms with Crippen LogP contribution < -0.4 is 10.1 Å². The van der Waals surface area contributed by atoms with Gasteiger partial charge >= 0.3 is 5.97 Å². The summed E-state index contributed by atoms with van der Waals surface area (Å²) in [6.07, 6.45) is 0.183. The molecule has 2 unspecified atom stereocenters. The normalized spacial score (nSPS) is 13.3. The predicted molar refractivity (Wildman–Crippen MR) is 75.5 cm³/mol. The average Bonchev–Trinajstić information content (AvgIpc) is 2.46. The van der Waals surface area contributed by atoms with Gasteiger partial charge in [-0.3, -0.25) is 9.59 Å². The molecule has 0 aliphatic heterocycles. The second kappa shape index (κ2) is 8.31. The van der Waals surface area contributed by atoms with Crippen LogP contribution >= 0.6 is 0 Å². The van der Waals surface area contributed by atoms with Crippen molar-refractivity contribution in [2.24, 2.45) is 5.92 Å². The lowest BCUT2D eigenvalue weighted by Gasteiger charge is -2.17. The van der Waals surface area contributed by atoms with Crippen LogP contribution in [0.25, 0.3) is 0 Å². The number of carbonyl (C=O) groups excluding carboxylic acids is 1. The van der Waals surface area contributed by atoms with Gasteiger partial charge in [0, 0.05) is 12.6 Å². The zero-order chi connectivity index (χ0) is 16.7. The van der Waals surface area contributed by atoms with Crippen molar-refractivity contribution >= 4 is 11.9 Å². The van der Waals surface area contributed by atoms with E-state index in [0.29, 0.717) is 12.8 Å². The van der Waals surface area contributed by atoms with Crippen LogP contribution in [0.5, 0.6) is 5.75 Å². The Labute approximate surface area is 127 Å². The first-order valence-corrected chi connectivity index (χ1v) is 6.97. The van der Waals surface area contributed by atoms with Gasteiger partial charge in [-0.15, -0.1) is 0 Å². The van der Waals surface area contributed by atoms with Gasteiger partial charge in [-0.1, -0.05) is 13.3 Å². The van der Waals surface area contributed by atoms with E-state index in [1.54, 1.807) is 0 Å². The predicted octanol–water partition coefficient (Wildman–Crippen LogP) is 2.35. The minimum atomic E-state index is -1.07. The second-order valence-electron chi connectivity index (χ2n) is 4.90. The van der Waals surface area contributed by atoms with Crippen LogP contribution in [0.15, 0.2) is 18.2 Å². The number of ether oxygens (including phenoxy) is 1. The zero-order valence-electron chi connectivity index (χ0n) is 12.4. The molecule has 0 fully saturated rings. The number of halogens is 2. The highest BCUT2D eigenvalue weighted by molar-refractivity contribution is 5.81. The molecular formula is C15H19F2NO4. The monoisotopic (exact) mass is 315 g/mol. The van der Waals surface area contributed by atoms with Crippen LogP contribution in [-0.2, 0) is 9.59 Å². The minimum absolute atomic E-state index is 0.00646. The van der Waals surface area contributed by atoms with Gasteiger partial charge in [0.15, 0.2) is 17.7 Å².